The van der Waals surface area contributed by atoms with Gasteiger partial charge in [-0.1, -0.05) is 30.0 Å². The average Bonchev–Trinajstić information content (AvgIpc) is 3.04. The Balaban J connectivity index is 1.84. The quantitative estimate of drug-likeness (QED) is 0.789. The zero-order valence-corrected chi connectivity index (χ0v) is 12.2. The molecule has 0 aliphatic carbocycles. The molecular formula is C9H13N7OS2. The fourth-order valence-electron chi connectivity index (χ4n) is 1.23. The Morgan fingerprint density at radius 2 is 2.21 bits per heavy atom. The van der Waals surface area contributed by atoms with Gasteiger partial charge in [0.15, 0.2) is 0 Å². The highest BCUT2D eigenvalue weighted by Gasteiger charge is 2.11. The van der Waals surface area contributed by atoms with Crippen LogP contribution in [0.25, 0.3) is 0 Å². The summed E-state index contributed by atoms with van der Waals surface area (Å²) in [5.41, 5.74) is 0. The summed E-state index contributed by atoms with van der Waals surface area (Å²) in [6.45, 7) is 4.60. The number of nitrogens with zero attached hydrogens (tertiary/aromatic N) is 6. The lowest BCUT2D eigenvalue weighted by Gasteiger charge is -2.01. The molecule has 1 N–H and O–H groups in total. The first-order valence-corrected chi connectivity index (χ1v) is 7.54. The molecule has 0 fully saturated rings. The van der Waals surface area contributed by atoms with Crippen molar-refractivity contribution < 1.29 is 4.79 Å². The average molecular weight is 299 g/mol. The number of hydrogen-bond donors (Lipinski definition) is 1. The van der Waals surface area contributed by atoms with Gasteiger partial charge in [0.1, 0.15) is 5.01 Å². The van der Waals surface area contributed by atoms with Crippen LogP contribution in [0, 0.1) is 0 Å². The number of aromatic nitrogens is 6. The third kappa shape index (κ3) is 3.70. The molecular weight excluding hydrogens is 286 g/mol. The first kappa shape index (κ1) is 13.9. The van der Waals surface area contributed by atoms with Crippen LogP contribution < -0.4 is 5.32 Å². The highest BCUT2D eigenvalue weighted by molar-refractivity contribution is 7.99. The number of thioether (sulfide) groups is 1. The molecule has 0 unspecified atom stereocenters. The van der Waals surface area contributed by atoms with Gasteiger partial charge >= 0.3 is 0 Å². The molecule has 0 aliphatic rings. The van der Waals surface area contributed by atoms with Gasteiger partial charge in [-0.3, -0.25) is 10.1 Å². The van der Waals surface area contributed by atoms with E-state index in [-0.39, 0.29) is 11.7 Å². The fraction of sp³-hybridized carbons (Fsp3) is 0.556. The van der Waals surface area contributed by atoms with Crippen molar-refractivity contribution in [1.82, 2.24) is 30.4 Å². The molecule has 1 amide bonds. The highest BCUT2D eigenvalue weighted by atomic mass is 32.2. The van der Waals surface area contributed by atoms with Crippen molar-refractivity contribution in [3.05, 3.63) is 5.01 Å². The van der Waals surface area contributed by atoms with E-state index in [0.29, 0.717) is 16.8 Å². The van der Waals surface area contributed by atoms with Gasteiger partial charge < -0.3 is 0 Å². The van der Waals surface area contributed by atoms with Crippen LogP contribution in [0.15, 0.2) is 5.16 Å². The van der Waals surface area contributed by atoms with Gasteiger partial charge in [0.05, 0.1) is 5.75 Å². The van der Waals surface area contributed by atoms with E-state index in [9.17, 15) is 4.79 Å². The number of carbonyl (C=O) groups excluding carboxylic acids is 1. The molecule has 0 saturated carbocycles. The van der Waals surface area contributed by atoms with Crippen LogP contribution in [0.1, 0.15) is 18.9 Å². The SMILES string of the molecule is CCc1nnc(NC(=O)CSc2nnnn2CC)s1. The Morgan fingerprint density at radius 1 is 1.37 bits per heavy atom. The molecule has 2 heterocycles. The number of amides is 1. The number of carbonyl (C=O) groups is 1. The molecule has 0 radical (unpaired) electrons. The van der Waals surface area contributed by atoms with Crippen molar-refractivity contribution in [3.8, 4) is 0 Å². The zero-order chi connectivity index (χ0) is 13.7. The number of hydrogen-bond acceptors (Lipinski definition) is 8. The van der Waals surface area contributed by atoms with Crippen LogP contribution in [0.2, 0.25) is 0 Å². The van der Waals surface area contributed by atoms with Crippen molar-refractivity contribution >= 4 is 34.1 Å². The van der Waals surface area contributed by atoms with Crippen LogP contribution in [0.4, 0.5) is 5.13 Å². The predicted octanol–water partition coefficient (Wildman–Crippen LogP) is 0.838. The largest absolute Gasteiger partial charge is 0.300 e. The molecule has 0 saturated heterocycles. The van der Waals surface area contributed by atoms with Gasteiger partial charge in [-0.15, -0.1) is 15.3 Å². The minimum Gasteiger partial charge on any atom is -0.300 e. The molecule has 2 aromatic rings. The van der Waals surface area contributed by atoms with E-state index in [0.717, 1.165) is 11.4 Å². The Morgan fingerprint density at radius 3 is 2.89 bits per heavy atom. The van der Waals surface area contributed by atoms with E-state index in [1.807, 2.05) is 13.8 Å². The molecule has 0 spiro atoms. The minimum atomic E-state index is -0.144. The van der Waals surface area contributed by atoms with Crippen LogP contribution in [-0.2, 0) is 17.8 Å². The first-order chi connectivity index (χ1) is 9.22. The van der Waals surface area contributed by atoms with E-state index < -0.39 is 0 Å². The Bertz CT molecular complexity index is 552. The molecule has 0 aromatic carbocycles. The second-order valence-corrected chi connectivity index (χ2v) is 5.47. The smallest absolute Gasteiger partial charge is 0.236 e. The highest BCUT2D eigenvalue weighted by Crippen LogP contribution is 2.17. The molecule has 10 heteroatoms. The number of rotatable bonds is 6. The Labute approximate surface area is 118 Å². The number of anilines is 1. The minimum absolute atomic E-state index is 0.144. The molecule has 0 aliphatic heterocycles. The van der Waals surface area contributed by atoms with Gasteiger partial charge in [0, 0.05) is 6.54 Å². The maximum absolute atomic E-state index is 11.7. The normalized spacial score (nSPS) is 10.6. The molecule has 2 aromatic heterocycles. The van der Waals surface area contributed by atoms with E-state index in [1.54, 1.807) is 4.68 Å². The molecule has 0 bridgehead atoms. The van der Waals surface area contributed by atoms with Crippen LogP contribution in [0.5, 0.6) is 0 Å². The van der Waals surface area contributed by atoms with Gasteiger partial charge in [0.25, 0.3) is 0 Å². The van der Waals surface area contributed by atoms with Gasteiger partial charge in [0.2, 0.25) is 16.2 Å². The number of nitrogens with one attached hydrogen (secondary N) is 1. The van der Waals surface area contributed by atoms with Crippen molar-refractivity contribution in [1.29, 1.82) is 0 Å². The molecule has 2 rings (SSSR count). The Hall–Kier alpha value is -1.55. The van der Waals surface area contributed by atoms with E-state index >= 15 is 0 Å². The summed E-state index contributed by atoms with van der Waals surface area (Å²) in [4.78, 5) is 11.7. The van der Waals surface area contributed by atoms with Crippen LogP contribution >= 0.6 is 23.1 Å². The lowest BCUT2D eigenvalue weighted by Crippen LogP contribution is -2.14. The summed E-state index contributed by atoms with van der Waals surface area (Å²) in [6, 6.07) is 0. The lowest BCUT2D eigenvalue weighted by molar-refractivity contribution is -0.113. The zero-order valence-electron chi connectivity index (χ0n) is 10.5. The second-order valence-electron chi connectivity index (χ2n) is 3.47. The van der Waals surface area contributed by atoms with Gasteiger partial charge in [-0.25, -0.2) is 4.68 Å². The Kier molecular flexibility index (Phi) is 4.80. The second kappa shape index (κ2) is 6.57. The van der Waals surface area contributed by atoms with E-state index in [4.69, 9.17) is 0 Å². The van der Waals surface area contributed by atoms with Crippen LogP contribution in [0.3, 0.4) is 0 Å². The molecule has 102 valence electrons. The summed E-state index contributed by atoms with van der Waals surface area (Å²) in [6.07, 6.45) is 0.813. The molecule has 8 nitrogen and oxygen atoms in total. The molecule has 0 atom stereocenters. The number of tetrazole rings is 1. The van der Waals surface area contributed by atoms with Crippen molar-refractivity contribution in [3.63, 3.8) is 0 Å². The maximum Gasteiger partial charge on any atom is 0.236 e. The standard InChI is InChI=1S/C9H13N7OS2/c1-3-7-11-12-8(19-7)10-6(17)5-18-9-13-14-15-16(9)4-2/h3-5H2,1-2H3,(H,10,12,17). The van der Waals surface area contributed by atoms with E-state index in [2.05, 4.69) is 31.0 Å². The lowest BCUT2D eigenvalue weighted by atomic mass is 10.5. The maximum atomic E-state index is 11.7. The summed E-state index contributed by atoms with van der Waals surface area (Å²) in [7, 11) is 0. The monoisotopic (exact) mass is 299 g/mol. The van der Waals surface area contributed by atoms with Crippen molar-refractivity contribution in [2.24, 2.45) is 0 Å². The predicted molar refractivity (Wildman–Crippen MR) is 72.1 cm³/mol. The van der Waals surface area contributed by atoms with Crippen LogP contribution in [-0.4, -0.2) is 42.1 Å². The topological polar surface area (TPSA) is 98.5 Å². The first-order valence-electron chi connectivity index (χ1n) is 5.74. The number of aryl methyl sites for hydroxylation is 2. The van der Waals surface area contributed by atoms with Crippen molar-refractivity contribution in [2.45, 2.75) is 32.0 Å². The molecule has 19 heavy (non-hydrogen) atoms. The third-order valence-electron chi connectivity index (χ3n) is 2.15. The fourth-order valence-corrected chi connectivity index (χ4v) is 2.67. The van der Waals surface area contributed by atoms with Gasteiger partial charge in [-0.05, 0) is 23.8 Å². The summed E-state index contributed by atoms with van der Waals surface area (Å²) < 4.78 is 1.64. The van der Waals surface area contributed by atoms with Gasteiger partial charge in [-0.2, -0.15) is 0 Å². The van der Waals surface area contributed by atoms with E-state index in [1.165, 1.54) is 23.1 Å². The third-order valence-corrected chi connectivity index (χ3v) is 4.09. The summed E-state index contributed by atoms with van der Waals surface area (Å²) >= 11 is 2.67. The summed E-state index contributed by atoms with van der Waals surface area (Å²) in [5.74, 6) is 0.0935. The summed E-state index contributed by atoms with van der Waals surface area (Å²) in [5, 5.41) is 23.8. The van der Waals surface area contributed by atoms with Crippen molar-refractivity contribution in [2.75, 3.05) is 11.1 Å².